The number of fused-ring (bicyclic) bond motifs is 1. The van der Waals surface area contributed by atoms with Gasteiger partial charge in [-0.1, -0.05) is 31.2 Å². The van der Waals surface area contributed by atoms with Crippen molar-refractivity contribution in [2.45, 2.75) is 26.8 Å². The SMILES string of the molecule is CCc1ccc2oc(C(=O)N(Cc3ccc(OC)cc3)c3ccccn3)c(C)c2c1. The molecule has 0 aliphatic heterocycles. The van der Waals surface area contributed by atoms with Crippen molar-refractivity contribution in [2.24, 2.45) is 0 Å². The van der Waals surface area contributed by atoms with Crippen molar-refractivity contribution in [2.75, 3.05) is 12.0 Å². The molecule has 1 amide bonds. The largest absolute Gasteiger partial charge is 0.497 e. The van der Waals surface area contributed by atoms with E-state index in [9.17, 15) is 4.79 Å². The molecule has 2 aromatic carbocycles. The van der Waals surface area contributed by atoms with E-state index in [-0.39, 0.29) is 5.91 Å². The van der Waals surface area contributed by atoms with Gasteiger partial charge in [0.05, 0.1) is 13.7 Å². The van der Waals surface area contributed by atoms with E-state index in [4.69, 9.17) is 9.15 Å². The molecule has 4 rings (SSSR count). The second kappa shape index (κ2) is 8.41. The number of methoxy groups -OCH3 is 1. The molecule has 2 heterocycles. The Labute approximate surface area is 175 Å². The molecular formula is C25H24N2O3. The minimum Gasteiger partial charge on any atom is -0.497 e. The van der Waals surface area contributed by atoms with Crippen LogP contribution in [0.2, 0.25) is 0 Å². The average molecular weight is 400 g/mol. The Bertz CT molecular complexity index is 1160. The van der Waals surface area contributed by atoms with Crippen LogP contribution < -0.4 is 9.64 Å². The molecule has 0 N–H and O–H groups in total. The number of nitrogens with zero attached hydrogens (tertiary/aromatic N) is 2. The lowest BCUT2D eigenvalue weighted by molar-refractivity contribution is 0.0959. The second-order valence-corrected chi connectivity index (χ2v) is 7.17. The third kappa shape index (κ3) is 3.79. The molecule has 5 heteroatoms. The minimum absolute atomic E-state index is 0.212. The van der Waals surface area contributed by atoms with Gasteiger partial charge in [0.2, 0.25) is 0 Å². The number of benzene rings is 2. The van der Waals surface area contributed by atoms with E-state index < -0.39 is 0 Å². The monoisotopic (exact) mass is 400 g/mol. The first-order valence-electron chi connectivity index (χ1n) is 9.98. The maximum absolute atomic E-state index is 13.6. The molecule has 0 saturated carbocycles. The number of carbonyl (C=O) groups is 1. The molecule has 0 radical (unpaired) electrons. The fraction of sp³-hybridized carbons (Fsp3) is 0.200. The zero-order chi connectivity index (χ0) is 21.1. The zero-order valence-corrected chi connectivity index (χ0v) is 17.4. The van der Waals surface area contributed by atoms with Gasteiger partial charge in [0.15, 0.2) is 5.76 Å². The van der Waals surface area contributed by atoms with Gasteiger partial charge < -0.3 is 9.15 Å². The van der Waals surface area contributed by atoms with Gasteiger partial charge in [0.25, 0.3) is 5.91 Å². The molecule has 0 unspecified atom stereocenters. The number of hydrogen-bond acceptors (Lipinski definition) is 4. The molecule has 0 spiro atoms. The topological polar surface area (TPSA) is 55.6 Å². The first kappa shape index (κ1) is 19.7. The van der Waals surface area contributed by atoms with Crippen molar-refractivity contribution in [3.8, 4) is 5.75 Å². The van der Waals surface area contributed by atoms with Crippen LogP contribution in [0.3, 0.4) is 0 Å². The van der Waals surface area contributed by atoms with Crippen LogP contribution in [0.25, 0.3) is 11.0 Å². The highest BCUT2D eigenvalue weighted by Gasteiger charge is 2.25. The summed E-state index contributed by atoms with van der Waals surface area (Å²) < 4.78 is 11.2. The number of amides is 1. The van der Waals surface area contributed by atoms with E-state index in [0.717, 1.165) is 34.3 Å². The van der Waals surface area contributed by atoms with Gasteiger partial charge in [-0.25, -0.2) is 4.98 Å². The number of aromatic nitrogens is 1. The van der Waals surface area contributed by atoms with Gasteiger partial charge in [-0.05, 0) is 60.9 Å². The summed E-state index contributed by atoms with van der Waals surface area (Å²) in [6.07, 6.45) is 2.62. The first-order valence-corrected chi connectivity index (χ1v) is 9.98. The van der Waals surface area contributed by atoms with Crippen molar-refractivity contribution in [1.29, 1.82) is 0 Å². The molecular weight excluding hydrogens is 376 g/mol. The van der Waals surface area contributed by atoms with Gasteiger partial charge in [0, 0.05) is 17.1 Å². The van der Waals surface area contributed by atoms with Crippen molar-refractivity contribution in [1.82, 2.24) is 4.98 Å². The summed E-state index contributed by atoms with van der Waals surface area (Å²) in [5.74, 6) is 1.48. The Morgan fingerprint density at radius 2 is 1.83 bits per heavy atom. The molecule has 152 valence electrons. The van der Waals surface area contributed by atoms with Crippen molar-refractivity contribution in [3.05, 3.63) is 89.3 Å². The van der Waals surface area contributed by atoms with Crippen LogP contribution in [0.5, 0.6) is 5.75 Å². The highest BCUT2D eigenvalue weighted by molar-refractivity contribution is 6.07. The molecule has 2 aromatic heterocycles. The number of pyridine rings is 1. The molecule has 4 aromatic rings. The number of ether oxygens (including phenoxy) is 1. The van der Waals surface area contributed by atoms with Crippen LogP contribution in [-0.2, 0) is 13.0 Å². The molecule has 0 aliphatic carbocycles. The normalized spacial score (nSPS) is 10.9. The summed E-state index contributed by atoms with van der Waals surface area (Å²) in [6, 6.07) is 19.3. The van der Waals surface area contributed by atoms with Crippen LogP contribution >= 0.6 is 0 Å². The molecule has 0 fully saturated rings. The molecule has 5 nitrogen and oxygen atoms in total. The smallest absolute Gasteiger partial charge is 0.295 e. The molecule has 0 saturated heterocycles. The van der Waals surface area contributed by atoms with Crippen LogP contribution in [-0.4, -0.2) is 18.0 Å². The summed E-state index contributed by atoms with van der Waals surface area (Å²) in [5, 5.41) is 0.975. The predicted octanol–water partition coefficient (Wildman–Crippen LogP) is 5.55. The summed E-state index contributed by atoms with van der Waals surface area (Å²) in [5.41, 5.74) is 3.75. The van der Waals surface area contributed by atoms with Crippen LogP contribution in [0.4, 0.5) is 5.82 Å². The third-order valence-electron chi connectivity index (χ3n) is 5.27. The minimum atomic E-state index is -0.212. The van der Waals surface area contributed by atoms with E-state index in [1.807, 2.05) is 61.5 Å². The van der Waals surface area contributed by atoms with E-state index in [0.29, 0.717) is 18.1 Å². The number of furan rings is 1. The Balaban J connectivity index is 1.74. The second-order valence-electron chi connectivity index (χ2n) is 7.17. The number of anilines is 1. The Kier molecular flexibility index (Phi) is 5.53. The predicted molar refractivity (Wildman–Crippen MR) is 118 cm³/mol. The van der Waals surface area contributed by atoms with E-state index in [1.54, 1.807) is 18.2 Å². The lowest BCUT2D eigenvalue weighted by Gasteiger charge is -2.21. The summed E-state index contributed by atoms with van der Waals surface area (Å²) in [7, 11) is 1.63. The lowest BCUT2D eigenvalue weighted by Crippen LogP contribution is -2.31. The quantitative estimate of drug-likeness (QED) is 0.425. The van der Waals surface area contributed by atoms with Crippen LogP contribution in [0.15, 0.2) is 71.3 Å². The standard InChI is InChI=1S/C25H24N2O3/c1-4-18-10-13-22-21(15-18)17(2)24(30-22)25(28)27(23-7-5-6-14-26-23)16-19-8-11-20(29-3)12-9-19/h5-15H,4,16H2,1-3H3. The number of rotatable bonds is 6. The van der Waals surface area contributed by atoms with E-state index in [2.05, 4.69) is 18.0 Å². The zero-order valence-electron chi connectivity index (χ0n) is 17.4. The van der Waals surface area contributed by atoms with E-state index in [1.165, 1.54) is 5.56 Å². The molecule has 30 heavy (non-hydrogen) atoms. The Morgan fingerprint density at radius 3 is 2.50 bits per heavy atom. The van der Waals surface area contributed by atoms with Crippen molar-refractivity contribution in [3.63, 3.8) is 0 Å². The fourth-order valence-electron chi connectivity index (χ4n) is 3.50. The van der Waals surface area contributed by atoms with Gasteiger partial charge in [0.1, 0.15) is 17.2 Å². The first-order chi connectivity index (χ1) is 14.6. The highest BCUT2D eigenvalue weighted by Crippen LogP contribution is 2.29. The maximum Gasteiger partial charge on any atom is 0.295 e. The number of hydrogen-bond donors (Lipinski definition) is 0. The van der Waals surface area contributed by atoms with Crippen LogP contribution in [0, 0.1) is 6.92 Å². The molecule has 0 bridgehead atoms. The summed E-state index contributed by atoms with van der Waals surface area (Å²) in [4.78, 5) is 19.6. The van der Waals surface area contributed by atoms with Crippen molar-refractivity contribution < 1.29 is 13.9 Å². The highest BCUT2D eigenvalue weighted by atomic mass is 16.5. The number of aryl methyl sites for hydroxylation is 2. The number of carbonyl (C=O) groups excluding carboxylic acids is 1. The Morgan fingerprint density at radius 1 is 1.07 bits per heavy atom. The average Bonchev–Trinajstić information content (AvgIpc) is 3.13. The summed E-state index contributed by atoms with van der Waals surface area (Å²) in [6.45, 7) is 4.42. The van der Waals surface area contributed by atoms with Crippen molar-refractivity contribution >= 4 is 22.7 Å². The van der Waals surface area contributed by atoms with Gasteiger partial charge in [-0.3, -0.25) is 9.69 Å². The summed E-state index contributed by atoms with van der Waals surface area (Å²) >= 11 is 0. The molecule has 0 atom stereocenters. The van der Waals surface area contributed by atoms with E-state index >= 15 is 0 Å². The lowest BCUT2D eigenvalue weighted by atomic mass is 10.1. The third-order valence-corrected chi connectivity index (χ3v) is 5.27. The Hall–Kier alpha value is -3.60. The molecule has 0 aliphatic rings. The van der Waals surface area contributed by atoms with Gasteiger partial charge in [-0.2, -0.15) is 0 Å². The van der Waals surface area contributed by atoms with Gasteiger partial charge in [-0.15, -0.1) is 0 Å². The van der Waals surface area contributed by atoms with Gasteiger partial charge >= 0.3 is 0 Å². The fourth-order valence-corrected chi connectivity index (χ4v) is 3.50. The maximum atomic E-state index is 13.6. The van der Waals surface area contributed by atoms with Crippen LogP contribution in [0.1, 0.15) is 34.2 Å².